The van der Waals surface area contributed by atoms with Crippen molar-refractivity contribution in [2.45, 2.75) is 39.8 Å². The number of nitrogens with zero attached hydrogens (tertiary/aromatic N) is 1. The van der Waals surface area contributed by atoms with Gasteiger partial charge in [0, 0.05) is 17.8 Å². The van der Waals surface area contributed by atoms with E-state index in [0.29, 0.717) is 18.0 Å². The van der Waals surface area contributed by atoms with Crippen molar-refractivity contribution in [1.82, 2.24) is 4.57 Å². The fraction of sp³-hybridized carbons (Fsp3) is 0.389. The molecule has 2 N–H and O–H groups in total. The molecular weight excluding hydrogens is 279 g/mol. The Kier molecular flexibility index (Phi) is 5.14. The van der Waals surface area contributed by atoms with E-state index in [-0.39, 0.29) is 11.4 Å². The molecule has 2 aromatic rings. The molecule has 4 heteroatoms. The van der Waals surface area contributed by atoms with Crippen LogP contribution in [0.2, 0.25) is 0 Å². The summed E-state index contributed by atoms with van der Waals surface area (Å²) in [5.41, 5.74) is 8.36. The van der Waals surface area contributed by atoms with Crippen LogP contribution >= 0.6 is 0 Å². The van der Waals surface area contributed by atoms with Gasteiger partial charge in [-0.2, -0.15) is 0 Å². The highest BCUT2D eigenvalue weighted by atomic mass is 19.1. The molecule has 1 unspecified atom stereocenters. The molecule has 0 saturated carbocycles. The van der Waals surface area contributed by atoms with Crippen LogP contribution in [0.25, 0.3) is 0 Å². The van der Waals surface area contributed by atoms with Crippen molar-refractivity contribution in [2.24, 2.45) is 11.7 Å². The second-order valence-electron chi connectivity index (χ2n) is 6.10. The van der Waals surface area contributed by atoms with Gasteiger partial charge >= 0.3 is 0 Å². The van der Waals surface area contributed by atoms with Crippen molar-refractivity contribution in [1.29, 1.82) is 0 Å². The monoisotopic (exact) mass is 302 g/mol. The fourth-order valence-electron chi connectivity index (χ4n) is 2.44. The maximum absolute atomic E-state index is 13.0. The molecule has 0 amide bonds. The number of pyridine rings is 1. The highest BCUT2D eigenvalue weighted by molar-refractivity contribution is 5.31. The molecule has 0 saturated heterocycles. The van der Waals surface area contributed by atoms with Crippen LogP contribution in [-0.2, 0) is 6.54 Å². The topological polar surface area (TPSA) is 48.0 Å². The number of rotatable bonds is 5. The second kappa shape index (κ2) is 6.88. The lowest BCUT2D eigenvalue weighted by atomic mass is 10.0. The van der Waals surface area contributed by atoms with Gasteiger partial charge in [-0.25, -0.2) is 4.39 Å². The zero-order valence-electron chi connectivity index (χ0n) is 13.3. The second-order valence-corrected chi connectivity index (χ2v) is 6.10. The Morgan fingerprint density at radius 3 is 2.36 bits per heavy atom. The molecule has 0 fully saturated rings. The standard InChI is InChI=1S/C18H23FN2O/c1-12(2)10-11-21-13(3)4-9-16(18(21)22)17(20)14-5-7-15(19)8-6-14/h4-9,12,17H,10-11,20H2,1-3H3. The third-order valence-corrected chi connectivity index (χ3v) is 3.92. The average Bonchev–Trinajstić information content (AvgIpc) is 2.47. The molecule has 2 rings (SSSR count). The lowest BCUT2D eigenvalue weighted by Crippen LogP contribution is -2.30. The van der Waals surface area contributed by atoms with Crippen molar-refractivity contribution in [3.63, 3.8) is 0 Å². The van der Waals surface area contributed by atoms with Crippen LogP contribution in [0, 0.1) is 18.7 Å². The van der Waals surface area contributed by atoms with Crippen LogP contribution in [0.5, 0.6) is 0 Å². The number of hydrogen-bond acceptors (Lipinski definition) is 2. The maximum atomic E-state index is 13.0. The summed E-state index contributed by atoms with van der Waals surface area (Å²) in [5, 5.41) is 0. The zero-order chi connectivity index (χ0) is 16.3. The summed E-state index contributed by atoms with van der Waals surface area (Å²) in [7, 11) is 0. The number of nitrogens with two attached hydrogens (primary N) is 1. The van der Waals surface area contributed by atoms with E-state index < -0.39 is 6.04 Å². The Morgan fingerprint density at radius 1 is 1.14 bits per heavy atom. The van der Waals surface area contributed by atoms with Gasteiger partial charge in [0.15, 0.2) is 0 Å². The number of halogens is 1. The molecule has 1 aromatic heterocycles. The Morgan fingerprint density at radius 2 is 1.77 bits per heavy atom. The smallest absolute Gasteiger partial charge is 0.255 e. The number of hydrogen-bond donors (Lipinski definition) is 1. The van der Waals surface area contributed by atoms with Crippen molar-refractivity contribution >= 4 is 0 Å². The molecule has 118 valence electrons. The molecule has 22 heavy (non-hydrogen) atoms. The Bertz CT molecular complexity index is 689. The molecule has 0 aliphatic rings. The first-order chi connectivity index (χ1) is 10.4. The first-order valence-electron chi connectivity index (χ1n) is 7.61. The van der Waals surface area contributed by atoms with E-state index in [1.165, 1.54) is 12.1 Å². The number of benzene rings is 1. The first-order valence-corrected chi connectivity index (χ1v) is 7.61. The Balaban J connectivity index is 2.37. The normalized spacial score (nSPS) is 12.6. The van der Waals surface area contributed by atoms with E-state index in [1.807, 2.05) is 13.0 Å². The van der Waals surface area contributed by atoms with Crippen LogP contribution < -0.4 is 11.3 Å². The molecule has 3 nitrogen and oxygen atoms in total. The Hall–Kier alpha value is -1.94. The van der Waals surface area contributed by atoms with Gasteiger partial charge in [0.1, 0.15) is 5.82 Å². The van der Waals surface area contributed by atoms with Gasteiger partial charge in [-0.3, -0.25) is 4.79 Å². The summed E-state index contributed by atoms with van der Waals surface area (Å²) in [6.45, 7) is 6.88. The SMILES string of the molecule is Cc1ccc(C(N)c2ccc(F)cc2)c(=O)n1CCC(C)C. The van der Waals surface area contributed by atoms with E-state index in [0.717, 1.165) is 17.7 Å². The van der Waals surface area contributed by atoms with Crippen LogP contribution in [0.1, 0.15) is 43.1 Å². The summed E-state index contributed by atoms with van der Waals surface area (Å²) in [4.78, 5) is 12.7. The van der Waals surface area contributed by atoms with Gasteiger partial charge in [0.25, 0.3) is 5.56 Å². The lowest BCUT2D eigenvalue weighted by Gasteiger charge is -2.17. The predicted octanol–water partition coefficient (Wildman–Crippen LogP) is 3.39. The van der Waals surface area contributed by atoms with Crippen molar-refractivity contribution < 1.29 is 4.39 Å². The molecule has 1 heterocycles. The van der Waals surface area contributed by atoms with E-state index in [1.54, 1.807) is 22.8 Å². The molecule has 0 aliphatic heterocycles. The predicted molar refractivity (Wildman–Crippen MR) is 87.3 cm³/mol. The van der Waals surface area contributed by atoms with Gasteiger partial charge in [-0.05, 0) is 49.1 Å². The van der Waals surface area contributed by atoms with Crippen LogP contribution in [-0.4, -0.2) is 4.57 Å². The van der Waals surface area contributed by atoms with Crippen LogP contribution in [0.15, 0.2) is 41.2 Å². The first kappa shape index (κ1) is 16.4. The van der Waals surface area contributed by atoms with Gasteiger partial charge in [-0.15, -0.1) is 0 Å². The summed E-state index contributed by atoms with van der Waals surface area (Å²) in [5.74, 6) is 0.218. The van der Waals surface area contributed by atoms with Crippen molar-refractivity contribution in [3.05, 3.63) is 69.4 Å². The number of aryl methyl sites for hydroxylation is 1. The summed E-state index contributed by atoms with van der Waals surface area (Å²) in [6.07, 6.45) is 0.940. The van der Waals surface area contributed by atoms with Crippen LogP contribution in [0.3, 0.4) is 0 Å². The third-order valence-electron chi connectivity index (χ3n) is 3.92. The highest BCUT2D eigenvalue weighted by Gasteiger charge is 2.15. The maximum Gasteiger partial charge on any atom is 0.255 e. The van der Waals surface area contributed by atoms with E-state index in [2.05, 4.69) is 13.8 Å². The van der Waals surface area contributed by atoms with Gasteiger partial charge in [0.05, 0.1) is 6.04 Å². The fourth-order valence-corrected chi connectivity index (χ4v) is 2.44. The molecule has 1 aromatic carbocycles. The van der Waals surface area contributed by atoms with Crippen molar-refractivity contribution in [3.8, 4) is 0 Å². The quantitative estimate of drug-likeness (QED) is 0.920. The minimum Gasteiger partial charge on any atom is -0.320 e. The number of aromatic nitrogens is 1. The summed E-state index contributed by atoms with van der Waals surface area (Å²) in [6, 6.07) is 9.12. The summed E-state index contributed by atoms with van der Waals surface area (Å²) >= 11 is 0. The molecule has 1 atom stereocenters. The Labute approximate surface area is 130 Å². The molecule has 0 spiro atoms. The largest absolute Gasteiger partial charge is 0.320 e. The lowest BCUT2D eigenvalue weighted by molar-refractivity contribution is 0.499. The molecule has 0 radical (unpaired) electrons. The molecule has 0 bridgehead atoms. The van der Waals surface area contributed by atoms with E-state index in [9.17, 15) is 9.18 Å². The van der Waals surface area contributed by atoms with Gasteiger partial charge < -0.3 is 10.3 Å². The third kappa shape index (κ3) is 3.63. The van der Waals surface area contributed by atoms with Gasteiger partial charge in [-0.1, -0.05) is 26.0 Å². The molecular formula is C18H23FN2O. The van der Waals surface area contributed by atoms with Crippen LogP contribution in [0.4, 0.5) is 4.39 Å². The van der Waals surface area contributed by atoms with Crippen molar-refractivity contribution in [2.75, 3.05) is 0 Å². The average molecular weight is 302 g/mol. The summed E-state index contributed by atoms with van der Waals surface area (Å²) < 4.78 is 14.8. The van der Waals surface area contributed by atoms with E-state index in [4.69, 9.17) is 5.73 Å². The van der Waals surface area contributed by atoms with Gasteiger partial charge in [0.2, 0.25) is 0 Å². The molecule has 0 aliphatic carbocycles. The van der Waals surface area contributed by atoms with E-state index >= 15 is 0 Å². The minimum atomic E-state index is -0.543. The zero-order valence-corrected chi connectivity index (χ0v) is 13.3. The minimum absolute atomic E-state index is 0.0579. The highest BCUT2D eigenvalue weighted by Crippen LogP contribution is 2.18.